The zero-order valence-corrected chi connectivity index (χ0v) is 10.3. The molecule has 0 aliphatic carbocycles. The number of diazo groups is 1. The monoisotopic (exact) mass is 237 g/mol. The average Bonchev–Trinajstić information content (AvgIpc) is 2.38. The predicted molar refractivity (Wildman–Crippen MR) is 71.3 cm³/mol. The van der Waals surface area contributed by atoms with E-state index in [1.165, 1.54) is 5.56 Å². The number of nitrogens with zero attached hydrogens (tertiary/aromatic N) is 4. The molecule has 2 rings (SSSR count). The summed E-state index contributed by atoms with van der Waals surface area (Å²) in [6, 6.07) is 13.1. The van der Waals surface area contributed by atoms with Crippen LogP contribution in [0.5, 0.6) is 0 Å². The fraction of sp³-hybridized carbons (Fsp3) is 0.143. The van der Waals surface area contributed by atoms with Crippen LogP contribution in [0.1, 0.15) is 11.1 Å². The van der Waals surface area contributed by atoms with Gasteiger partial charge in [0, 0.05) is 6.07 Å². The fourth-order valence-electron chi connectivity index (χ4n) is 1.52. The molecule has 0 radical (unpaired) electrons. The van der Waals surface area contributed by atoms with Gasteiger partial charge >= 0.3 is 5.69 Å². The SMILES string of the molecule is Cc1ccc(N=Nc2cc(C)ccc2[N+]#N)cc1. The van der Waals surface area contributed by atoms with Gasteiger partial charge in [-0.15, -0.1) is 5.11 Å². The molecule has 0 aromatic heterocycles. The second-order valence-electron chi connectivity index (χ2n) is 4.13. The molecule has 4 heteroatoms. The lowest BCUT2D eigenvalue weighted by Crippen LogP contribution is -1.72. The van der Waals surface area contributed by atoms with E-state index in [4.69, 9.17) is 5.39 Å². The van der Waals surface area contributed by atoms with Crippen LogP contribution in [0.3, 0.4) is 0 Å². The van der Waals surface area contributed by atoms with Gasteiger partial charge in [-0.3, -0.25) is 0 Å². The maximum absolute atomic E-state index is 8.87. The van der Waals surface area contributed by atoms with Gasteiger partial charge in [0.1, 0.15) is 0 Å². The normalized spacial score (nSPS) is 10.5. The number of azo groups is 1. The molecule has 0 fully saturated rings. The van der Waals surface area contributed by atoms with Gasteiger partial charge in [0.25, 0.3) is 0 Å². The van der Waals surface area contributed by atoms with Crippen molar-refractivity contribution >= 4 is 17.1 Å². The van der Waals surface area contributed by atoms with Gasteiger partial charge in [-0.25, -0.2) is 0 Å². The van der Waals surface area contributed by atoms with Crippen molar-refractivity contribution in [3.05, 3.63) is 58.6 Å². The van der Waals surface area contributed by atoms with E-state index in [1.807, 2.05) is 50.2 Å². The minimum atomic E-state index is 0.413. The molecule has 0 aliphatic heterocycles. The smallest absolute Gasteiger partial charge is 0.150 e. The lowest BCUT2D eigenvalue weighted by Gasteiger charge is -1.94. The second-order valence-corrected chi connectivity index (χ2v) is 4.13. The summed E-state index contributed by atoms with van der Waals surface area (Å²) in [5, 5.41) is 17.1. The predicted octanol–water partition coefficient (Wildman–Crippen LogP) is 5.20. The summed E-state index contributed by atoms with van der Waals surface area (Å²) in [4.78, 5) is 3.18. The topological polar surface area (TPSA) is 52.9 Å². The first-order chi connectivity index (χ1) is 8.69. The Morgan fingerprint density at radius 3 is 2.22 bits per heavy atom. The molecular weight excluding hydrogens is 224 g/mol. The number of hydrogen-bond acceptors (Lipinski definition) is 3. The van der Waals surface area contributed by atoms with E-state index in [0.29, 0.717) is 11.4 Å². The van der Waals surface area contributed by atoms with Crippen molar-refractivity contribution in [1.29, 1.82) is 5.39 Å². The van der Waals surface area contributed by atoms with Gasteiger partial charge in [0.05, 0.1) is 5.69 Å². The first kappa shape index (κ1) is 11.9. The highest BCUT2D eigenvalue weighted by Gasteiger charge is 2.12. The molecule has 0 saturated carbocycles. The maximum atomic E-state index is 8.87. The van der Waals surface area contributed by atoms with Gasteiger partial charge in [-0.1, -0.05) is 23.8 Å². The summed E-state index contributed by atoms with van der Waals surface area (Å²) in [7, 11) is 0. The Kier molecular flexibility index (Phi) is 3.44. The molecule has 2 aromatic carbocycles. The van der Waals surface area contributed by atoms with Crippen LogP contribution in [0.4, 0.5) is 17.1 Å². The molecule has 0 aliphatic rings. The Morgan fingerprint density at radius 1 is 0.889 bits per heavy atom. The van der Waals surface area contributed by atoms with Crippen LogP contribution in [0, 0.1) is 19.2 Å². The Morgan fingerprint density at radius 2 is 1.56 bits per heavy atom. The van der Waals surface area contributed by atoms with E-state index in [2.05, 4.69) is 15.2 Å². The van der Waals surface area contributed by atoms with Crippen LogP contribution in [0.25, 0.3) is 4.98 Å². The summed E-state index contributed by atoms with van der Waals surface area (Å²) in [5.41, 5.74) is 3.95. The first-order valence-electron chi connectivity index (χ1n) is 5.63. The second kappa shape index (κ2) is 5.19. The molecule has 0 saturated heterocycles. The minimum Gasteiger partial charge on any atom is -0.150 e. The van der Waals surface area contributed by atoms with E-state index in [0.717, 1.165) is 11.3 Å². The molecule has 0 N–H and O–H groups in total. The summed E-state index contributed by atoms with van der Waals surface area (Å²) in [6.45, 7) is 3.97. The zero-order chi connectivity index (χ0) is 13.0. The lowest BCUT2D eigenvalue weighted by molar-refractivity contribution is 1.22. The fourth-order valence-corrected chi connectivity index (χ4v) is 1.52. The lowest BCUT2D eigenvalue weighted by atomic mass is 10.2. The number of aryl methyl sites for hydroxylation is 2. The average molecular weight is 237 g/mol. The molecule has 0 heterocycles. The van der Waals surface area contributed by atoms with Gasteiger partial charge < -0.3 is 0 Å². The van der Waals surface area contributed by atoms with E-state index >= 15 is 0 Å². The van der Waals surface area contributed by atoms with E-state index in [1.54, 1.807) is 6.07 Å². The van der Waals surface area contributed by atoms with Crippen LogP contribution in [-0.4, -0.2) is 0 Å². The van der Waals surface area contributed by atoms with E-state index < -0.39 is 0 Å². The molecule has 0 spiro atoms. The Hall–Kier alpha value is -2.54. The van der Waals surface area contributed by atoms with Crippen molar-refractivity contribution in [2.24, 2.45) is 10.2 Å². The van der Waals surface area contributed by atoms with E-state index in [9.17, 15) is 0 Å². The third-order valence-corrected chi connectivity index (χ3v) is 2.55. The molecule has 2 aromatic rings. The highest BCUT2D eigenvalue weighted by molar-refractivity contribution is 5.66. The molecule has 4 nitrogen and oxygen atoms in total. The van der Waals surface area contributed by atoms with Crippen molar-refractivity contribution < 1.29 is 0 Å². The van der Waals surface area contributed by atoms with Gasteiger partial charge in [0.2, 0.25) is 5.39 Å². The van der Waals surface area contributed by atoms with Crippen LogP contribution in [-0.2, 0) is 0 Å². The largest absolute Gasteiger partial charge is 0.412 e. The standard InChI is InChI=1S/C14H13N4/c1-10-3-6-12(7-4-10)17-18-14-9-11(2)5-8-13(14)16-15/h3-9H,1-2H3/q+1. The highest BCUT2D eigenvalue weighted by Crippen LogP contribution is 2.30. The third-order valence-electron chi connectivity index (χ3n) is 2.55. The van der Waals surface area contributed by atoms with Crippen molar-refractivity contribution in [2.75, 3.05) is 0 Å². The van der Waals surface area contributed by atoms with Crippen molar-refractivity contribution in [1.82, 2.24) is 0 Å². The van der Waals surface area contributed by atoms with Gasteiger partial charge in [0.15, 0.2) is 10.7 Å². The highest BCUT2D eigenvalue weighted by atomic mass is 15.1. The Labute approximate surface area is 106 Å². The molecule has 0 bridgehead atoms. The summed E-state index contributed by atoms with van der Waals surface area (Å²) in [5.74, 6) is 0. The zero-order valence-electron chi connectivity index (χ0n) is 10.3. The Bertz CT molecular complexity index is 621. The molecular formula is C14H13N4+. The van der Waals surface area contributed by atoms with E-state index in [-0.39, 0.29) is 0 Å². The van der Waals surface area contributed by atoms with Crippen LogP contribution in [0.15, 0.2) is 52.7 Å². The van der Waals surface area contributed by atoms with Crippen molar-refractivity contribution in [3.63, 3.8) is 0 Å². The quantitative estimate of drug-likeness (QED) is 0.523. The Balaban J connectivity index is 2.31. The summed E-state index contributed by atoms with van der Waals surface area (Å²) in [6.07, 6.45) is 0. The van der Waals surface area contributed by atoms with Crippen molar-refractivity contribution in [2.45, 2.75) is 13.8 Å². The van der Waals surface area contributed by atoms with Crippen LogP contribution < -0.4 is 0 Å². The van der Waals surface area contributed by atoms with Gasteiger partial charge in [-0.05, 0) is 37.6 Å². The first-order valence-corrected chi connectivity index (χ1v) is 5.63. The molecule has 88 valence electrons. The molecule has 0 unspecified atom stereocenters. The number of rotatable bonds is 2. The minimum absolute atomic E-state index is 0.413. The van der Waals surface area contributed by atoms with Crippen molar-refractivity contribution in [3.8, 4) is 0 Å². The molecule has 0 atom stereocenters. The number of benzene rings is 2. The van der Waals surface area contributed by atoms with Crippen LogP contribution in [0.2, 0.25) is 0 Å². The molecule has 0 amide bonds. The molecule has 18 heavy (non-hydrogen) atoms. The third kappa shape index (κ3) is 2.77. The summed E-state index contributed by atoms with van der Waals surface area (Å²) >= 11 is 0. The number of hydrogen-bond donors (Lipinski definition) is 0. The maximum Gasteiger partial charge on any atom is 0.412 e. The van der Waals surface area contributed by atoms with Gasteiger partial charge in [-0.2, -0.15) is 5.11 Å². The van der Waals surface area contributed by atoms with Crippen LogP contribution >= 0.6 is 0 Å². The summed E-state index contributed by atoms with van der Waals surface area (Å²) < 4.78 is 0.